The Bertz CT molecular complexity index is 908. The maximum absolute atomic E-state index is 12.6. The summed E-state index contributed by atoms with van der Waals surface area (Å²) in [6.07, 6.45) is -5.44. The van der Waals surface area contributed by atoms with E-state index in [2.05, 4.69) is 4.98 Å². The van der Waals surface area contributed by atoms with Crippen molar-refractivity contribution in [3.63, 3.8) is 0 Å². The zero-order chi connectivity index (χ0) is 18.9. The summed E-state index contributed by atoms with van der Waals surface area (Å²) in [5.41, 5.74) is 0.561. The minimum atomic E-state index is -4.82. The molecule has 0 fully saturated rings. The molecule has 3 nitrogen and oxygen atoms in total. The second-order valence-electron chi connectivity index (χ2n) is 6.83. The van der Waals surface area contributed by atoms with Crippen LogP contribution in [0.5, 0.6) is 11.6 Å². The molecule has 0 atom stereocenters. The first kappa shape index (κ1) is 18.0. The van der Waals surface area contributed by atoms with Crippen molar-refractivity contribution in [1.82, 2.24) is 4.98 Å². The highest BCUT2D eigenvalue weighted by molar-refractivity contribution is 5.85. The van der Waals surface area contributed by atoms with Gasteiger partial charge in [-0.25, -0.2) is 0 Å². The van der Waals surface area contributed by atoms with Crippen molar-refractivity contribution in [2.75, 3.05) is 0 Å². The van der Waals surface area contributed by atoms with Gasteiger partial charge in [0.25, 0.3) is 0 Å². The van der Waals surface area contributed by atoms with Gasteiger partial charge in [0, 0.05) is 23.4 Å². The minimum absolute atomic E-state index is 0.488. The van der Waals surface area contributed by atoms with Gasteiger partial charge in [-0.2, -0.15) is 13.2 Å². The lowest BCUT2D eigenvalue weighted by atomic mass is 9.80. The van der Waals surface area contributed by atoms with Crippen LogP contribution in [0.4, 0.5) is 13.2 Å². The molecule has 0 spiro atoms. The van der Waals surface area contributed by atoms with E-state index in [1.165, 1.54) is 0 Å². The molecule has 2 aromatic carbocycles. The number of aromatic nitrogens is 1. The number of aromatic amines is 1. The van der Waals surface area contributed by atoms with E-state index in [1.807, 2.05) is 30.3 Å². The average molecular weight is 361 g/mol. The van der Waals surface area contributed by atoms with Crippen LogP contribution in [0, 0.1) is 0 Å². The third kappa shape index (κ3) is 3.90. The topological polar surface area (TPSA) is 42.1 Å². The van der Waals surface area contributed by atoms with Gasteiger partial charge in [0.15, 0.2) is 5.88 Å². The molecule has 0 bridgehead atoms. The Morgan fingerprint density at radius 3 is 2.46 bits per heavy atom. The highest BCUT2D eigenvalue weighted by atomic mass is 19.4. The van der Waals surface area contributed by atoms with Crippen LogP contribution >= 0.6 is 0 Å². The number of benzene rings is 2. The van der Waals surface area contributed by atoms with E-state index in [9.17, 15) is 18.0 Å². The van der Waals surface area contributed by atoms with Crippen molar-refractivity contribution in [2.45, 2.75) is 31.9 Å². The maximum Gasteiger partial charge on any atom is 0.450 e. The summed E-state index contributed by atoms with van der Waals surface area (Å²) >= 11 is 0. The minimum Gasteiger partial charge on any atom is -0.441 e. The zero-order valence-electron chi connectivity index (χ0n) is 14.4. The van der Waals surface area contributed by atoms with Crippen molar-refractivity contribution in [2.24, 2.45) is 0 Å². The van der Waals surface area contributed by atoms with Crippen LogP contribution in [0.15, 0.2) is 54.6 Å². The summed E-state index contributed by atoms with van der Waals surface area (Å²) in [7, 11) is 0. The lowest BCUT2D eigenvalue weighted by Gasteiger charge is -2.25. The number of halogens is 3. The Hall–Kier alpha value is -2.76. The number of Topliss-reactive ketones (excluding diaryl/α,β-unsaturated/α-hetero) is 1. The monoisotopic (exact) mass is 361 g/mol. The summed E-state index contributed by atoms with van der Waals surface area (Å²) < 4.78 is 43.6. The highest BCUT2D eigenvalue weighted by Gasteiger charge is 2.41. The van der Waals surface area contributed by atoms with Crippen LogP contribution < -0.4 is 4.74 Å². The number of carbonyl (C=O) groups is 1. The third-order valence-electron chi connectivity index (χ3n) is 4.27. The van der Waals surface area contributed by atoms with Crippen molar-refractivity contribution in [1.29, 1.82) is 0 Å². The Labute approximate surface area is 148 Å². The summed E-state index contributed by atoms with van der Waals surface area (Å²) in [5, 5.41) is 0.995. The number of rotatable bonds is 5. The Morgan fingerprint density at radius 2 is 1.77 bits per heavy atom. The van der Waals surface area contributed by atoms with Gasteiger partial charge in [0.05, 0.1) is 0 Å². The van der Waals surface area contributed by atoms with Crippen LogP contribution in [0.25, 0.3) is 10.9 Å². The van der Waals surface area contributed by atoms with Gasteiger partial charge in [-0.05, 0) is 29.2 Å². The first-order valence-electron chi connectivity index (χ1n) is 8.11. The van der Waals surface area contributed by atoms with Gasteiger partial charge < -0.3 is 9.72 Å². The summed E-state index contributed by atoms with van der Waals surface area (Å²) in [4.78, 5) is 14.5. The molecule has 136 valence electrons. The van der Waals surface area contributed by atoms with Crippen LogP contribution in [0.3, 0.4) is 0 Å². The van der Waals surface area contributed by atoms with Gasteiger partial charge in [0.2, 0.25) is 5.78 Å². The predicted molar refractivity (Wildman–Crippen MR) is 93.5 cm³/mol. The number of nitrogens with one attached hydrogen (secondary N) is 1. The lowest BCUT2D eigenvalue weighted by Crippen LogP contribution is -2.30. The van der Waals surface area contributed by atoms with Gasteiger partial charge in [-0.3, -0.25) is 4.79 Å². The molecular formula is C20H18F3NO2. The van der Waals surface area contributed by atoms with Crippen molar-refractivity contribution < 1.29 is 22.7 Å². The number of ketones is 1. The van der Waals surface area contributed by atoms with E-state index in [1.54, 1.807) is 38.1 Å². The molecule has 6 heteroatoms. The second kappa shape index (κ2) is 6.52. The molecule has 0 aliphatic heterocycles. The van der Waals surface area contributed by atoms with Gasteiger partial charge in [-0.15, -0.1) is 0 Å². The normalized spacial score (nSPS) is 12.3. The van der Waals surface area contributed by atoms with Crippen LogP contribution in [0.2, 0.25) is 0 Å². The first-order valence-corrected chi connectivity index (χ1v) is 8.11. The molecule has 0 amide bonds. The molecule has 26 heavy (non-hydrogen) atoms. The van der Waals surface area contributed by atoms with Crippen LogP contribution in [-0.2, 0) is 10.2 Å². The van der Waals surface area contributed by atoms with E-state index >= 15 is 0 Å². The van der Waals surface area contributed by atoms with Crippen molar-refractivity contribution in [3.8, 4) is 11.6 Å². The molecule has 1 heterocycles. The molecule has 1 N–H and O–H groups in total. The second-order valence-corrected chi connectivity index (χ2v) is 6.83. The van der Waals surface area contributed by atoms with Gasteiger partial charge >= 0.3 is 6.18 Å². The standard InChI is InChI=1S/C20H18F3NO2/c1-19(2,12-17(25)20(21,22)23)14-7-5-8-15(11-14)26-18-10-13-6-3-4-9-16(13)24-18/h3-11,24H,12H2,1-2H3. The molecule has 1 aromatic heterocycles. The molecule has 3 rings (SSSR count). The van der Waals surface area contributed by atoms with E-state index in [0.29, 0.717) is 17.2 Å². The summed E-state index contributed by atoms with van der Waals surface area (Å²) in [6.45, 7) is 3.22. The zero-order valence-corrected chi connectivity index (χ0v) is 14.4. The molecule has 0 unspecified atom stereocenters. The molecule has 0 aliphatic rings. The Morgan fingerprint density at radius 1 is 1.04 bits per heavy atom. The number of hydrogen-bond donors (Lipinski definition) is 1. The Kier molecular flexibility index (Phi) is 4.52. The van der Waals surface area contributed by atoms with E-state index in [4.69, 9.17) is 4.74 Å². The summed E-state index contributed by atoms with van der Waals surface area (Å²) in [6, 6.07) is 16.3. The number of hydrogen-bond acceptors (Lipinski definition) is 2. The fourth-order valence-corrected chi connectivity index (χ4v) is 2.81. The van der Waals surface area contributed by atoms with E-state index in [-0.39, 0.29) is 0 Å². The number of ether oxygens (including phenoxy) is 1. The number of alkyl halides is 3. The molecule has 0 aliphatic carbocycles. The van der Waals surface area contributed by atoms with Gasteiger partial charge in [0.1, 0.15) is 5.75 Å². The molecular weight excluding hydrogens is 343 g/mol. The molecule has 0 radical (unpaired) electrons. The highest BCUT2D eigenvalue weighted by Crippen LogP contribution is 2.34. The van der Waals surface area contributed by atoms with E-state index in [0.717, 1.165) is 10.9 Å². The van der Waals surface area contributed by atoms with Crippen molar-refractivity contribution >= 4 is 16.7 Å². The maximum atomic E-state index is 12.6. The average Bonchev–Trinajstić information content (AvgIpc) is 2.96. The quantitative estimate of drug-likeness (QED) is 0.628. The molecule has 0 saturated heterocycles. The largest absolute Gasteiger partial charge is 0.450 e. The number of para-hydroxylation sites is 1. The Balaban J connectivity index is 1.82. The van der Waals surface area contributed by atoms with Crippen molar-refractivity contribution in [3.05, 3.63) is 60.2 Å². The number of H-pyrrole nitrogens is 1. The molecule has 0 saturated carbocycles. The SMILES string of the molecule is CC(C)(CC(=O)C(F)(F)F)c1cccc(Oc2cc3ccccc3[nH]2)c1. The van der Waals surface area contributed by atoms with Crippen LogP contribution in [-0.4, -0.2) is 16.9 Å². The van der Waals surface area contributed by atoms with E-state index < -0.39 is 23.8 Å². The molecule has 3 aromatic rings. The van der Waals surface area contributed by atoms with Crippen LogP contribution in [0.1, 0.15) is 25.8 Å². The third-order valence-corrected chi connectivity index (χ3v) is 4.27. The lowest BCUT2D eigenvalue weighted by molar-refractivity contribution is -0.172. The fraction of sp³-hybridized carbons (Fsp3) is 0.250. The predicted octanol–water partition coefficient (Wildman–Crippen LogP) is 5.76. The fourth-order valence-electron chi connectivity index (χ4n) is 2.81. The number of carbonyl (C=O) groups excluding carboxylic acids is 1. The first-order chi connectivity index (χ1) is 12.1. The smallest absolute Gasteiger partial charge is 0.441 e. The number of fused-ring (bicyclic) bond motifs is 1. The summed E-state index contributed by atoms with van der Waals surface area (Å²) in [5.74, 6) is -0.710. The van der Waals surface area contributed by atoms with Gasteiger partial charge in [-0.1, -0.05) is 44.2 Å².